The zero-order chi connectivity index (χ0) is 24.9. The van der Waals surface area contributed by atoms with Crippen molar-refractivity contribution in [1.82, 2.24) is 14.7 Å². The summed E-state index contributed by atoms with van der Waals surface area (Å²) in [5, 5.41) is 4.44. The molecule has 4 rings (SSSR count). The molecule has 2 aromatic carbocycles. The summed E-state index contributed by atoms with van der Waals surface area (Å²) < 4.78 is 0. The Bertz CT molecular complexity index is 1060. The molecule has 2 saturated heterocycles. The van der Waals surface area contributed by atoms with Crippen LogP contribution in [0.1, 0.15) is 12.8 Å². The first-order chi connectivity index (χ1) is 16.8. The molecule has 2 aliphatic rings. The summed E-state index contributed by atoms with van der Waals surface area (Å²) in [6.45, 7) is 5.69. The van der Waals surface area contributed by atoms with Crippen molar-refractivity contribution in [2.45, 2.75) is 18.9 Å². The van der Waals surface area contributed by atoms with Crippen LogP contribution in [-0.4, -0.2) is 84.0 Å². The Hall–Kier alpha value is -2.23. The van der Waals surface area contributed by atoms with Crippen molar-refractivity contribution in [3.63, 3.8) is 0 Å². The molecule has 1 N–H and O–H groups in total. The Morgan fingerprint density at radius 3 is 2.20 bits per heavy atom. The number of carbonyl (C=O) groups excluding carboxylic acids is 2. The lowest BCUT2D eigenvalue weighted by Gasteiger charge is -2.33. The van der Waals surface area contributed by atoms with E-state index in [1.54, 1.807) is 48.5 Å². The average molecular weight is 535 g/mol. The third-order valence-corrected chi connectivity index (χ3v) is 7.30. The maximum atomic E-state index is 13.5. The van der Waals surface area contributed by atoms with Crippen molar-refractivity contribution in [3.8, 4) is 0 Å². The Labute approximate surface area is 221 Å². The number of likely N-dealkylation sites (N-methyl/N-ethyl adjacent to an activating group) is 1. The predicted octanol–water partition coefficient (Wildman–Crippen LogP) is 3.96. The molecule has 2 aliphatic heterocycles. The van der Waals surface area contributed by atoms with Gasteiger partial charge in [0, 0.05) is 48.5 Å². The quantitative estimate of drug-likeness (QED) is 0.518. The fourth-order valence-electron chi connectivity index (χ4n) is 4.37. The van der Waals surface area contributed by atoms with E-state index in [9.17, 15) is 9.59 Å². The molecule has 1 atom stereocenters. The number of benzene rings is 2. The van der Waals surface area contributed by atoms with Crippen LogP contribution < -0.4 is 10.2 Å². The molecule has 2 amide bonds. The lowest BCUT2D eigenvalue weighted by Crippen LogP contribution is -2.45. The summed E-state index contributed by atoms with van der Waals surface area (Å²) in [4.78, 5) is 34.5. The van der Waals surface area contributed by atoms with Crippen LogP contribution in [0, 0.1) is 0 Å². The number of anilines is 2. The van der Waals surface area contributed by atoms with Gasteiger partial charge >= 0.3 is 0 Å². The molecule has 10 heteroatoms. The van der Waals surface area contributed by atoms with Gasteiger partial charge in [-0.3, -0.25) is 14.5 Å². The van der Waals surface area contributed by atoms with E-state index in [4.69, 9.17) is 35.4 Å². The van der Waals surface area contributed by atoms with Crippen molar-refractivity contribution in [1.29, 1.82) is 0 Å². The summed E-state index contributed by atoms with van der Waals surface area (Å²) in [5.74, 6) is -0.460. The number of hydrogen-bond acceptors (Lipinski definition) is 5. The predicted molar refractivity (Wildman–Crippen MR) is 145 cm³/mol. The number of thiocarbonyl (C=S) groups is 1. The number of rotatable bonds is 8. The van der Waals surface area contributed by atoms with Crippen molar-refractivity contribution >= 4 is 63.7 Å². The number of amides is 2. The molecule has 35 heavy (non-hydrogen) atoms. The van der Waals surface area contributed by atoms with Gasteiger partial charge in [-0.25, -0.2) is 0 Å². The second kappa shape index (κ2) is 11.7. The summed E-state index contributed by atoms with van der Waals surface area (Å²) in [6, 6.07) is 13.2. The van der Waals surface area contributed by atoms with Crippen LogP contribution in [0.15, 0.2) is 48.5 Å². The molecular formula is C25H29Cl2N5O2S. The lowest BCUT2D eigenvalue weighted by molar-refractivity contribution is -0.124. The monoisotopic (exact) mass is 533 g/mol. The van der Waals surface area contributed by atoms with E-state index < -0.39 is 6.04 Å². The zero-order valence-electron chi connectivity index (χ0n) is 19.6. The van der Waals surface area contributed by atoms with E-state index in [1.165, 1.54) is 4.90 Å². The number of carbonyl (C=O) groups is 2. The third-order valence-electron chi connectivity index (χ3n) is 6.38. The zero-order valence-corrected chi connectivity index (χ0v) is 22.0. The lowest BCUT2D eigenvalue weighted by atomic mass is 10.1. The van der Waals surface area contributed by atoms with Crippen LogP contribution >= 0.6 is 35.4 Å². The van der Waals surface area contributed by atoms with Gasteiger partial charge in [0.2, 0.25) is 5.91 Å². The molecule has 0 radical (unpaired) electrons. The van der Waals surface area contributed by atoms with Gasteiger partial charge < -0.3 is 20.0 Å². The van der Waals surface area contributed by atoms with E-state index in [1.807, 2.05) is 4.90 Å². The van der Waals surface area contributed by atoms with Gasteiger partial charge in [-0.1, -0.05) is 23.2 Å². The summed E-state index contributed by atoms with van der Waals surface area (Å²) in [5.41, 5.74) is 1.28. The van der Waals surface area contributed by atoms with Crippen molar-refractivity contribution in [2.24, 2.45) is 0 Å². The minimum absolute atomic E-state index is 0.000197. The molecule has 0 unspecified atom stereocenters. The van der Waals surface area contributed by atoms with Crippen LogP contribution in [0.4, 0.5) is 11.4 Å². The largest absolute Gasteiger partial charge is 0.336 e. The Kier molecular flexibility index (Phi) is 8.62. The molecule has 0 saturated carbocycles. The van der Waals surface area contributed by atoms with E-state index in [-0.39, 0.29) is 18.2 Å². The minimum Gasteiger partial charge on any atom is -0.336 e. The molecule has 0 bridgehead atoms. The summed E-state index contributed by atoms with van der Waals surface area (Å²) in [6.07, 6.45) is 0.848. The fraction of sp³-hybridized carbons (Fsp3) is 0.400. The molecular weight excluding hydrogens is 505 g/mol. The van der Waals surface area contributed by atoms with Crippen LogP contribution in [0.2, 0.25) is 10.0 Å². The minimum atomic E-state index is -0.669. The number of hydrogen-bond donors (Lipinski definition) is 1. The topological polar surface area (TPSA) is 59.1 Å². The molecule has 186 valence electrons. The second-order valence-corrected chi connectivity index (χ2v) is 10.1. The first-order valence-electron chi connectivity index (χ1n) is 11.7. The van der Waals surface area contributed by atoms with Crippen LogP contribution in [0.25, 0.3) is 0 Å². The Morgan fingerprint density at radius 1 is 0.971 bits per heavy atom. The smallest absolute Gasteiger partial charge is 0.256 e. The van der Waals surface area contributed by atoms with Gasteiger partial charge in [0.1, 0.15) is 6.04 Å². The molecule has 0 aromatic heterocycles. The highest BCUT2D eigenvalue weighted by Crippen LogP contribution is 2.29. The standard InChI is InChI=1S/C25H29Cl2N5O2S/c1-29-13-15-30(16-14-29)11-2-12-31-22(17-23(33)28-20-7-3-18(26)4-8-20)24(34)32(25(31)35)21-9-5-19(27)6-10-21/h3-10,22H,2,11-17H2,1H3,(H,28,33)/t22-/m1/s1. The Balaban J connectivity index is 1.46. The molecule has 2 heterocycles. The van der Waals surface area contributed by atoms with E-state index in [2.05, 4.69) is 22.2 Å². The molecule has 2 fully saturated rings. The van der Waals surface area contributed by atoms with Gasteiger partial charge in [-0.2, -0.15) is 0 Å². The first kappa shape index (κ1) is 25.9. The highest BCUT2D eigenvalue weighted by atomic mass is 35.5. The molecule has 0 aliphatic carbocycles. The number of piperazine rings is 1. The fourth-order valence-corrected chi connectivity index (χ4v) is 5.04. The summed E-state index contributed by atoms with van der Waals surface area (Å²) in [7, 11) is 2.14. The van der Waals surface area contributed by atoms with Crippen molar-refractivity contribution in [3.05, 3.63) is 58.6 Å². The number of nitrogens with one attached hydrogen (secondary N) is 1. The van der Waals surface area contributed by atoms with Gasteiger partial charge in [0.25, 0.3) is 5.91 Å². The third kappa shape index (κ3) is 6.51. The van der Waals surface area contributed by atoms with Crippen LogP contribution in [0.5, 0.6) is 0 Å². The van der Waals surface area contributed by atoms with Gasteiger partial charge in [-0.05, 0) is 80.8 Å². The molecule has 7 nitrogen and oxygen atoms in total. The first-order valence-corrected chi connectivity index (χ1v) is 12.8. The van der Waals surface area contributed by atoms with Crippen molar-refractivity contribution in [2.75, 3.05) is 56.5 Å². The van der Waals surface area contributed by atoms with Crippen LogP contribution in [0.3, 0.4) is 0 Å². The van der Waals surface area contributed by atoms with Gasteiger partial charge in [0.05, 0.1) is 12.1 Å². The van der Waals surface area contributed by atoms with E-state index >= 15 is 0 Å². The number of nitrogens with zero attached hydrogens (tertiary/aromatic N) is 4. The summed E-state index contributed by atoms with van der Waals surface area (Å²) >= 11 is 17.7. The van der Waals surface area contributed by atoms with Crippen LogP contribution in [-0.2, 0) is 9.59 Å². The van der Waals surface area contributed by atoms with Gasteiger partial charge in [-0.15, -0.1) is 0 Å². The van der Waals surface area contributed by atoms with Crippen molar-refractivity contribution < 1.29 is 9.59 Å². The highest BCUT2D eigenvalue weighted by Gasteiger charge is 2.43. The highest BCUT2D eigenvalue weighted by molar-refractivity contribution is 7.80. The van der Waals surface area contributed by atoms with E-state index in [0.29, 0.717) is 33.1 Å². The molecule has 0 spiro atoms. The normalized spacial score (nSPS) is 19.5. The van der Waals surface area contributed by atoms with E-state index in [0.717, 1.165) is 39.1 Å². The average Bonchev–Trinajstić information content (AvgIpc) is 3.06. The number of halogens is 2. The van der Waals surface area contributed by atoms with Gasteiger partial charge in [0.15, 0.2) is 5.11 Å². The second-order valence-electron chi connectivity index (χ2n) is 8.90. The maximum absolute atomic E-state index is 13.5. The Morgan fingerprint density at radius 2 is 1.57 bits per heavy atom. The maximum Gasteiger partial charge on any atom is 0.256 e. The SMILES string of the molecule is CN1CCN(CCCN2C(=S)N(c3ccc(Cl)cc3)C(=O)[C@H]2CC(=O)Nc2ccc(Cl)cc2)CC1. The molecule has 2 aromatic rings.